The maximum Gasteiger partial charge on any atom is 0.133 e. The molecule has 4 heteroatoms. The van der Waals surface area contributed by atoms with Gasteiger partial charge in [0.05, 0.1) is 12.5 Å². The van der Waals surface area contributed by atoms with Crippen molar-refractivity contribution < 1.29 is 14.9 Å². The van der Waals surface area contributed by atoms with E-state index in [0.29, 0.717) is 16.7 Å². The number of fused-ring (bicyclic) bond motifs is 2. The maximum absolute atomic E-state index is 11.1. The van der Waals surface area contributed by atoms with E-state index in [0.717, 1.165) is 38.7 Å². The van der Waals surface area contributed by atoms with Crippen molar-refractivity contribution in [3.63, 3.8) is 0 Å². The van der Waals surface area contributed by atoms with E-state index >= 15 is 0 Å². The van der Waals surface area contributed by atoms with Crippen LogP contribution in [-0.2, 0) is 0 Å². The third-order valence-electron chi connectivity index (χ3n) is 5.07. The van der Waals surface area contributed by atoms with E-state index in [1.54, 1.807) is 19.2 Å². The number of methoxy groups -OCH3 is 1. The number of hydrogen-bond donors (Lipinski definition) is 2. The van der Waals surface area contributed by atoms with E-state index in [1.165, 1.54) is 0 Å². The van der Waals surface area contributed by atoms with Gasteiger partial charge in [0.2, 0.25) is 0 Å². The lowest BCUT2D eigenvalue weighted by Crippen LogP contribution is -1.94. The zero-order valence-electron chi connectivity index (χ0n) is 15.8. The van der Waals surface area contributed by atoms with Gasteiger partial charge in [-0.2, -0.15) is 0 Å². The summed E-state index contributed by atoms with van der Waals surface area (Å²) in [6.45, 7) is 5.83. The summed E-state index contributed by atoms with van der Waals surface area (Å²) in [6, 6.07) is 13.2. The quantitative estimate of drug-likeness (QED) is 0.503. The van der Waals surface area contributed by atoms with Crippen LogP contribution >= 0.6 is 0 Å². The standard InChI is InChI=1S/C23H21NO3/c1-12-10-19(27-4)22-16(6-5-7-18(22)25)20(12)17-9-8-15-11-13(2)24-14(3)21(15)23(17)26/h5-11,25-26H,1-4H3. The Bertz CT molecular complexity index is 1210. The first-order valence-electron chi connectivity index (χ1n) is 8.82. The van der Waals surface area contributed by atoms with Gasteiger partial charge in [0.1, 0.15) is 17.2 Å². The van der Waals surface area contributed by atoms with Crippen LogP contribution in [0.3, 0.4) is 0 Å². The van der Waals surface area contributed by atoms with Gasteiger partial charge in [0.15, 0.2) is 0 Å². The van der Waals surface area contributed by atoms with Crippen molar-refractivity contribution in [1.29, 1.82) is 0 Å². The molecule has 0 unspecified atom stereocenters. The zero-order chi connectivity index (χ0) is 19.3. The van der Waals surface area contributed by atoms with E-state index in [1.807, 2.05) is 51.1 Å². The molecule has 0 atom stereocenters. The summed E-state index contributed by atoms with van der Waals surface area (Å²) in [5.74, 6) is 0.966. The van der Waals surface area contributed by atoms with Crippen LogP contribution in [0.4, 0.5) is 0 Å². The number of benzene rings is 3. The van der Waals surface area contributed by atoms with Crippen LogP contribution in [0.5, 0.6) is 17.2 Å². The van der Waals surface area contributed by atoms with Gasteiger partial charge in [0, 0.05) is 22.3 Å². The number of aromatic nitrogens is 1. The SMILES string of the molecule is COc1cc(C)c(-c2ccc3cc(C)nc(C)c3c2O)c2cccc(O)c12. The predicted octanol–water partition coefficient (Wildman–Crippen LogP) is 5.40. The molecule has 0 amide bonds. The summed E-state index contributed by atoms with van der Waals surface area (Å²) in [5, 5.41) is 24.7. The summed E-state index contributed by atoms with van der Waals surface area (Å²) in [4.78, 5) is 4.50. The Morgan fingerprint density at radius 2 is 1.70 bits per heavy atom. The highest BCUT2D eigenvalue weighted by molar-refractivity contribution is 6.08. The van der Waals surface area contributed by atoms with Crippen LogP contribution in [0.1, 0.15) is 17.0 Å². The molecule has 0 aliphatic rings. The number of aromatic hydroxyl groups is 2. The fraction of sp³-hybridized carbons (Fsp3) is 0.174. The lowest BCUT2D eigenvalue weighted by molar-refractivity contribution is 0.416. The molecule has 136 valence electrons. The van der Waals surface area contributed by atoms with Gasteiger partial charge in [-0.15, -0.1) is 0 Å². The minimum atomic E-state index is 0.152. The molecule has 4 rings (SSSR count). The Morgan fingerprint density at radius 3 is 2.44 bits per heavy atom. The van der Waals surface area contributed by atoms with Gasteiger partial charge in [-0.1, -0.05) is 18.2 Å². The van der Waals surface area contributed by atoms with Gasteiger partial charge in [-0.25, -0.2) is 0 Å². The van der Waals surface area contributed by atoms with Crippen molar-refractivity contribution in [2.75, 3.05) is 7.11 Å². The van der Waals surface area contributed by atoms with Crippen LogP contribution in [0.15, 0.2) is 42.5 Å². The second-order valence-electron chi connectivity index (χ2n) is 6.88. The lowest BCUT2D eigenvalue weighted by atomic mass is 9.90. The number of phenols is 2. The summed E-state index contributed by atoms with van der Waals surface area (Å²) >= 11 is 0. The smallest absolute Gasteiger partial charge is 0.133 e. The molecule has 0 saturated carbocycles. The number of ether oxygens (including phenoxy) is 1. The second kappa shape index (κ2) is 6.16. The number of nitrogens with zero attached hydrogens (tertiary/aromatic N) is 1. The van der Waals surface area contributed by atoms with Crippen molar-refractivity contribution >= 4 is 21.5 Å². The van der Waals surface area contributed by atoms with Crippen LogP contribution in [0, 0.1) is 20.8 Å². The van der Waals surface area contributed by atoms with Crippen molar-refractivity contribution in [3.8, 4) is 28.4 Å². The molecular formula is C23H21NO3. The van der Waals surface area contributed by atoms with Gasteiger partial charge in [0.25, 0.3) is 0 Å². The molecule has 1 aromatic heterocycles. The summed E-state index contributed by atoms with van der Waals surface area (Å²) in [6.07, 6.45) is 0. The average Bonchev–Trinajstić information content (AvgIpc) is 2.61. The molecule has 0 aliphatic carbocycles. The van der Waals surface area contributed by atoms with E-state index in [9.17, 15) is 10.2 Å². The Kier molecular flexibility index (Phi) is 3.92. The number of rotatable bonds is 2. The van der Waals surface area contributed by atoms with Crippen LogP contribution in [0.25, 0.3) is 32.7 Å². The maximum atomic E-state index is 11.1. The molecule has 0 spiro atoms. The third kappa shape index (κ3) is 2.56. The van der Waals surface area contributed by atoms with Crippen molar-refractivity contribution in [2.24, 2.45) is 0 Å². The Hall–Kier alpha value is -3.27. The highest BCUT2D eigenvalue weighted by Gasteiger charge is 2.19. The van der Waals surface area contributed by atoms with Gasteiger partial charge in [-0.05, 0) is 66.9 Å². The molecule has 4 aromatic rings. The van der Waals surface area contributed by atoms with E-state index in [4.69, 9.17) is 4.74 Å². The van der Waals surface area contributed by atoms with Crippen LogP contribution in [0.2, 0.25) is 0 Å². The lowest BCUT2D eigenvalue weighted by Gasteiger charge is -2.17. The van der Waals surface area contributed by atoms with Gasteiger partial charge in [-0.3, -0.25) is 4.98 Å². The van der Waals surface area contributed by atoms with Crippen LogP contribution < -0.4 is 4.74 Å². The van der Waals surface area contributed by atoms with Crippen molar-refractivity contribution in [1.82, 2.24) is 4.98 Å². The van der Waals surface area contributed by atoms with E-state index in [2.05, 4.69) is 4.98 Å². The van der Waals surface area contributed by atoms with Crippen LogP contribution in [-0.4, -0.2) is 22.3 Å². The molecule has 2 N–H and O–H groups in total. The summed E-state index contributed by atoms with van der Waals surface area (Å²) < 4.78 is 5.48. The molecule has 27 heavy (non-hydrogen) atoms. The first-order valence-corrected chi connectivity index (χ1v) is 8.82. The van der Waals surface area contributed by atoms with E-state index < -0.39 is 0 Å². The Labute approximate surface area is 157 Å². The molecule has 0 fully saturated rings. The largest absolute Gasteiger partial charge is 0.507 e. The first kappa shape index (κ1) is 17.2. The normalized spacial score (nSPS) is 11.3. The molecule has 3 aromatic carbocycles. The molecule has 0 saturated heterocycles. The summed E-state index contributed by atoms with van der Waals surface area (Å²) in [7, 11) is 1.59. The van der Waals surface area contributed by atoms with E-state index in [-0.39, 0.29) is 11.5 Å². The zero-order valence-corrected chi connectivity index (χ0v) is 15.8. The Balaban J connectivity index is 2.14. The molecule has 4 nitrogen and oxygen atoms in total. The number of phenolic OH excluding ortho intramolecular Hbond substituents is 2. The van der Waals surface area contributed by atoms with Gasteiger partial charge >= 0.3 is 0 Å². The fourth-order valence-corrected chi connectivity index (χ4v) is 3.97. The summed E-state index contributed by atoms with van der Waals surface area (Å²) in [5.41, 5.74) is 4.26. The van der Waals surface area contributed by atoms with Crippen molar-refractivity contribution in [2.45, 2.75) is 20.8 Å². The highest BCUT2D eigenvalue weighted by Crippen LogP contribution is 2.45. The molecular weight excluding hydrogens is 338 g/mol. The number of aryl methyl sites for hydroxylation is 3. The Morgan fingerprint density at radius 1 is 0.926 bits per heavy atom. The van der Waals surface area contributed by atoms with Gasteiger partial charge < -0.3 is 14.9 Å². The number of pyridine rings is 1. The highest BCUT2D eigenvalue weighted by atomic mass is 16.5. The topological polar surface area (TPSA) is 62.6 Å². The second-order valence-corrected chi connectivity index (χ2v) is 6.88. The molecule has 0 bridgehead atoms. The average molecular weight is 359 g/mol. The molecule has 1 heterocycles. The van der Waals surface area contributed by atoms with Crippen molar-refractivity contribution in [3.05, 3.63) is 59.4 Å². The molecule has 0 aliphatic heterocycles. The number of hydrogen-bond acceptors (Lipinski definition) is 4. The first-order chi connectivity index (χ1) is 12.9. The minimum absolute atomic E-state index is 0.152. The monoisotopic (exact) mass is 359 g/mol. The minimum Gasteiger partial charge on any atom is -0.507 e. The third-order valence-corrected chi connectivity index (χ3v) is 5.07. The fourth-order valence-electron chi connectivity index (χ4n) is 3.97. The molecule has 0 radical (unpaired) electrons. The predicted molar refractivity (Wildman–Crippen MR) is 109 cm³/mol.